The molecule has 8 heteroatoms. The van der Waals surface area contributed by atoms with Gasteiger partial charge in [0.25, 0.3) is 5.69 Å². The van der Waals surface area contributed by atoms with E-state index in [-0.39, 0.29) is 11.4 Å². The second-order valence-corrected chi connectivity index (χ2v) is 6.70. The van der Waals surface area contributed by atoms with E-state index in [0.29, 0.717) is 0 Å². The third kappa shape index (κ3) is 6.94. The monoisotopic (exact) mass is 316 g/mol. The van der Waals surface area contributed by atoms with Crippen molar-refractivity contribution in [3.8, 4) is 5.75 Å². The van der Waals surface area contributed by atoms with Gasteiger partial charge in [-0.15, -0.1) is 0 Å². The molecule has 118 valence electrons. The van der Waals surface area contributed by atoms with Crippen molar-refractivity contribution >= 4 is 21.4 Å². The summed E-state index contributed by atoms with van der Waals surface area (Å²) in [5.41, 5.74) is -0.408. The van der Waals surface area contributed by atoms with Crippen LogP contribution in [0.1, 0.15) is 38.5 Å². The van der Waals surface area contributed by atoms with Gasteiger partial charge in [0, 0.05) is 6.07 Å². The first-order valence-electron chi connectivity index (χ1n) is 6.75. The molecule has 1 aliphatic carbocycles. The van der Waals surface area contributed by atoms with Crippen molar-refractivity contribution < 1.29 is 18.4 Å². The molecule has 0 bridgehead atoms. The maximum absolute atomic E-state index is 10.8. The van der Waals surface area contributed by atoms with Crippen molar-refractivity contribution in [2.75, 3.05) is 11.0 Å². The Balaban J connectivity index is 0.000000304. The van der Waals surface area contributed by atoms with Gasteiger partial charge in [0.15, 0.2) is 0 Å². The zero-order valence-electron chi connectivity index (χ0n) is 11.9. The van der Waals surface area contributed by atoms with Gasteiger partial charge in [-0.2, -0.15) is 0 Å². The number of phenolic OH excluding ortho intramolecular Hbond substituents is 1. The first-order chi connectivity index (χ1) is 9.79. The summed E-state index contributed by atoms with van der Waals surface area (Å²) in [4.78, 5) is 9.61. The number of rotatable bonds is 3. The Hall–Kier alpha value is -1.83. The predicted octanol–water partition coefficient (Wildman–Crippen LogP) is 3.01. The Bertz CT molecular complexity index is 571. The molecule has 2 rings (SSSR count). The van der Waals surface area contributed by atoms with Crippen molar-refractivity contribution in [3.63, 3.8) is 0 Å². The smallest absolute Gasteiger partial charge is 0.273 e. The molecule has 0 aliphatic heterocycles. The molecular formula is C13H20N2O5S. The number of nitrogens with one attached hydrogen (secondary N) is 1. The molecule has 1 fully saturated rings. The number of hydrogen-bond acceptors (Lipinski definition) is 5. The number of sulfonamides is 1. The third-order valence-corrected chi connectivity index (χ3v) is 3.58. The van der Waals surface area contributed by atoms with Crippen LogP contribution in [-0.4, -0.2) is 24.7 Å². The molecule has 7 nitrogen and oxygen atoms in total. The molecule has 0 unspecified atom stereocenters. The zero-order chi connectivity index (χ0) is 15.9. The normalized spacial score (nSPS) is 14.7. The Morgan fingerprint density at radius 3 is 1.95 bits per heavy atom. The van der Waals surface area contributed by atoms with Gasteiger partial charge in [0.2, 0.25) is 10.0 Å². The summed E-state index contributed by atoms with van der Waals surface area (Å²) in [6.07, 6.45) is 9.91. The van der Waals surface area contributed by atoms with Crippen molar-refractivity contribution in [1.82, 2.24) is 0 Å². The van der Waals surface area contributed by atoms with Gasteiger partial charge in [0.1, 0.15) is 5.75 Å². The lowest BCUT2D eigenvalue weighted by molar-refractivity contribution is -0.384. The summed E-state index contributed by atoms with van der Waals surface area (Å²) in [6, 6.07) is 3.08. The molecule has 1 aromatic carbocycles. The summed E-state index contributed by atoms with van der Waals surface area (Å²) in [7, 11) is -3.51. The third-order valence-electron chi connectivity index (χ3n) is 2.99. The van der Waals surface area contributed by atoms with E-state index in [4.69, 9.17) is 0 Å². The quantitative estimate of drug-likeness (QED) is 0.506. The highest BCUT2D eigenvalue weighted by atomic mass is 32.2. The second-order valence-electron chi connectivity index (χ2n) is 4.95. The molecule has 0 atom stereocenters. The number of nitrogens with zero attached hydrogens (tertiary/aromatic N) is 1. The zero-order valence-corrected chi connectivity index (χ0v) is 12.7. The summed E-state index contributed by atoms with van der Waals surface area (Å²) in [5.74, 6) is -0.491. The lowest BCUT2D eigenvalue weighted by Crippen LogP contribution is -2.09. The number of phenols is 1. The Labute approximate surface area is 124 Å². The Morgan fingerprint density at radius 1 is 1.14 bits per heavy atom. The first kappa shape index (κ1) is 17.2. The lowest BCUT2D eigenvalue weighted by Gasteiger charge is -2.05. The molecule has 2 N–H and O–H groups in total. The van der Waals surface area contributed by atoms with Crippen LogP contribution in [0.3, 0.4) is 0 Å². The van der Waals surface area contributed by atoms with E-state index in [2.05, 4.69) is 0 Å². The van der Waals surface area contributed by atoms with E-state index in [1.807, 2.05) is 4.72 Å². The molecule has 0 saturated heterocycles. The number of non-ortho nitro benzene ring substituents is 1. The fourth-order valence-corrected chi connectivity index (χ4v) is 2.55. The van der Waals surface area contributed by atoms with Gasteiger partial charge >= 0.3 is 0 Å². The average molecular weight is 316 g/mol. The van der Waals surface area contributed by atoms with E-state index in [0.717, 1.165) is 24.5 Å². The highest BCUT2D eigenvalue weighted by Gasteiger charge is 2.12. The van der Waals surface area contributed by atoms with Crippen LogP contribution in [0, 0.1) is 10.1 Å². The van der Waals surface area contributed by atoms with E-state index in [1.54, 1.807) is 0 Å². The molecule has 0 radical (unpaired) electrons. The van der Waals surface area contributed by atoms with Gasteiger partial charge in [-0.05, 0) is 6.07 Å². The van der Waals surface area contributed by atoms with E-state index in [9.17, 15) is 23.6 Å². The summed E-state index contributed by atoms with van der Waals surface area (Å²) >= 11 is 0. The average Bonchev–Trinajstić information content (AvgIpc) is 2.42. The number of nitro benzene ring substituents is 1. The Kier molecular flexibility index (Phi) is 6.41. The molecule has 1 saturated carbocycles. The minimum Gasteiger partial charge on any atom is -0.505 e. The molecule has 0 amide bonds. The van der Waals surface area contributed by atoms with Gasteiger partial charge in [-0.1, -0.05) is 38.5 Å². The SMILES string of the molecule is C1CCCCC1.CS(=O)(=O)Nc1ccc([N+](=O)[O-])cc1O. The van der Waals surface area contributed by atoms with E-state index in [1.165, 1.54) is 38.5 Å². The molecule has 0 heterocycles. The fraction of sp³-hybridized carbons (Fsp3) is 0.538. The number of nitro groups is 1. The first-order valence-corrected chi connectivity index (χ1v) is 8.64. The predicted molar refractivity (Wildman–Crippen MR) is 80.9 cm³/mol. The maximum atomic E-state index is 10.8. The number of benzene rings is 1. The highest BCUT2D eigenvalue weighted by Crippen LogP contribution is 2.28. The van der Waals surface area contributed by atoms with Crippen LogP contribution in [0.4, 0.5) is 11.4 Å². The molecule has 21 heavy (non-hydrogen) atoms. The Morgan fingerprint density at radius 2 is 1.62 bits per heavy atom. The minimum absolute atomic E-state index is 0.0944. The molecular weight excluding hydrogens is 296 g/mol. The van der Waals surface area contributed by atoms with Crippen LogP contribution < -0.4 is 4.72 Å². The molecule has 0 spiro atoms. The number of hydrogen-bond donors (Lipinski definition) is 2. The highest BCUT2D eigenvalue weighted by molar-refractivity contribution is 7.92. The largest absolute Gasteiger partial charge is 0.505 e. The standard InChI is InChI=1S/C7H8N2O5S.C6H12/c1-15(13,14)8-6-3-2-5(9(11)12)4-7(6)10;1-2-4-6-5-3-1/h2-4,8,10H,1H3;1-6H2. The van der Waals surface area contributed by atoms with Crippen LogP contribution in [0.25, 0.3) is 0 Å². The molecule has 0 aromatic heterocycles. The molecule has 1 aromatic rings. The van der Waals surface area contributed by atoms with Crippen molar-refractivity contribution in [2.45, 2.75) is 38.5 Å². The van der Waals surface area contributed by atoms with Crippen molar-refractivity contribution in [3.05, 3.63) is 28.3 Å². The van der Waals surface area contributed by atoms with Crippen molar-refractivity contribution in [2.24, 2.45) is 0 Å². The maximum Gasteiger partial charge on any atom is 0.273 e. The number of aromatic hydroxyl groups is 1. The van der Waals surface area contributed by atoms with Gasteiger partial charge in [0.05, 0.1) is 22.9 Å². The fourth-order valence-electron chi connectivity index (χ4n) is 1.98. The summed E-state index contributed by atoms with van der Waals surface area (Å²) in [6.45, 7) is 0. The lowest BCUT2D eigenvalue weighted by atomic mass is 10.0. The summed E-state index contributed by atoms with van der Waals surface area (Å²) < 4.78 is 23.6. The van der Waals surface area contributed by atoms with Crippen LogP contribution >= 0.6 is 0 Å². The van der Waals surface area contributed by atoms with E-state index < -0.39 is 20.7 Å². The second kappa shape index (κ2) is 7.82. The summed E-state index contributed by atoms with van der Waals surface area (Å²) in [5, 5.41) is 19.6. The van der Waals surface area contributed by atoms with Crippen LogP contribution in [0.2, 0.25) is 0 Å². The van der Waals surface area contributed by atoms with Gasteiger partial charge in [-0.3, -0.25) is 14.8 Å². The van der Waals surface area contributed by atoms with Gasteiger partial charge in [-0.25, -0.2) is 8.42 Å². The van der Waals surface area contributed by atoms with Gasteiger partial charge < -0.3 is 5.11 Å². The molecule has 1 aliphatic rings. The van der Waals surface area contributed by atoms with Crippen LogP contribution in [0.5, 0.6) is 5.75 Å². The van der Waals surface area contributed by atoms with E-state index >= 15 is 0 Å². The minimum atomic E-state index is -3.51. The topological polar surface area (TPSA) is 110 Å². The van der Waals surface area contributed by atoms with Crippen LogP contribution in [-0.2, 0) is 10.0 Å². The number of anilines is 1. The van der Waals surface area contributed by atoms with Crippen molar-refractivity contribution in [1.29, 1.82) is 0 Å². The van der Waals surface area contributed by atoms with Crippen LogP contribution in [0.15, 0.2) is 18.2 Å².